The van der Waals surface area contributed by atoms with Gasteiger partial charge in [0.1, 0.15) is 11.8 Å². The zero-order valence-corrected chi connectivity index (χ0v) is 13.1. The number of carbonyl (C=O) groups excluding carboxylic acids is 1. The molecular weight excluding hydrogens is 296 g/mol. The average Bonchev–Trinajstić information content (AvgIpc) is 3.02. The van der Waals surface area contributed by atoms with E-state index in [4.69, 9.17) is 4.74 Å². The fourth-order valence-corrected chi connectivity index (χ4v) is 3.01. The van der Waals surface area contributed by atoms with Gasteiger partial charge in [-0.05, 0) is 38.0 Å². The summed E-state index contributed by atoms with van der Waals surface area (Å²) in [6.07, 6.45) is 1.21. The van der Waals surface area contributed by atoms with Gasteiger partial charge in [0, 0.05) is 18.0 Å². The summed E-state index contributed by atoms with van der Waals surface area (Å²) in [4.78, 5) is 29.9. The highest BCUT2D eigenvalue weighted by Gasteiger charge is 2.35. The van der Waals surface area contributed by atoms with E-state index in [1.807, 2.05) is 18.2 Å². The lowest BCUT2D eigenvalue weighted by Gasteiger charge is -2.22. The molecule has 0 spiro atoms. The number of methoxy groups -OCH3 is 1. The molecule has 0 bridgehead atoms. The third-order valence-corrected chi connectivity index (χ3v) is 4.24. The van der Waals surface area contributed by atoms with Crippen LogP contribution in [0.25, 0.3) is 10.9 Å². The number of likely N-dealkylation sites (tertiary alicyclic amines) is 1. The van der Waals surface area contributed by atoms with Crippen LogP contribution in [0, 0.1) is 6.92 Å². The molecule has 120 valence electrons. The Labute approximate surface area is 133 Å². The van der Waals surface area contributed by atoms with Crippen LogP contribution in [0.3, 0.4) is 0 Å². The quantitative estimate of drug-likeness (QED) is 0.940. The fourth-order valence-electron chi connectivity index (χ4n) is 3.01. The molecule has 6 heteroatoms. The number of rotatable bonds is 3. The molecule has 2 heterocycles. The molecule has 0 unspecified atom stereocenters. The number of benzene rings is 1. The molecule has 0 saturated carbocycles. The Hall–Kier alpha value is -2.63. The first-order valence-corrected chi connectivity index (χ1v) is 7.50. The number of hydrogen-bond acceptors (Lipinski definition) is 4. The van der Waals surface area contributed by atoms with Crippen molar-refractivity contribution in [1.82, 2.24) is 9.88 Å². The number of fused-ring (bicyclic) bond motifs is 1. The van der Waals surface area contributed by atoms with Gasteiger partial charge in [0.25, 0.3) is 5.91 Å². The number of nitrogens with zero attached hydrogens (tertiary/aromatic N) is 2. The number of carbonyl (C=O) groups is 2. The van der Waals surface area contributed by atoms with Gasteiger partial charge in [-0.25, -0.2) is 4.79 Å². The number of carboxylic acids is 1. The van der Waals surface area contributed by atoms with E-state index < -0.39 is 12.0 Å². The Morgan fingerprint density at radius 3 is 2.83 bits per heavy atom. The molecule has 6 nitrogen and oxygen atoms in total. The predicted octanol–water partition coefficient (Wildman–Crippen LogP) is 2.24. The van der Waals surface area contributed by atoms with E-state index in [1.165, 1.54) is 4.90 Å². The maximum absolute atomic E-state index is 12.7. The minimum absolute atomic E-state index is 0.266. The molecule has 1 saturated heterocycles. The van der Waals surface area contributed by atoms with Gasteiger partial charge >= 0.3 is 5.97 Å². The summed E-state index contributed by atoms with van der Waals surface area (Å²) < 4.78 is 5.18. The van der Waals surface area contributed by atoms with E-state index in [-0.39, 0.29) is 5.91 Å². The lowest BCUT2D eigenvalue weighted by Crippen LogP contribution is -2.40. The normalized spacial score (nSPS) is 17.5. The van der Waals surface area contributed by atoms with Crippen molar-refractivity contribution in [1.29, 1.82) is 0 Å². The number of ether oxygens (including phenoxy) is 1. The van der Waals surface area contributed by atoms with Crippen molar-refractivity contribution < 1.29 is 19.4 Å². The van der Waals surface area contributed by atoms with Crippen LogP contribution in [-0.4, -0.2) is 46.6 Å². The van der Waals surface area contributed by atoms with Gasteiger partial charge in [-0.1, -0.05) is 0 Å². The van der Waals surface area contributed by atoms with Crippen molar-refractivity contribution in [3.63, 3.8) is 0 Å². The standard InChI is InChI=1S/C17H18N2O4/c1-10-13(16(20)19-7-3-4-15(19)17(21)22)8-11-5-6-12(23-2)9-14(11)18-10/h5-6,8-9,15H,3-4,7H2,1-2H3,(H,21,22)/t15-/m0/s1. The number of carboxylic acid groups (broad SMARTS) is 1. The summed E-state index contributed by atoms with van der Waals surface area (Å²) in [5.74, 6) is -0.515. The maximum atomic E-state index is 12.7. The molecule has 0 radical (unpaired) electrons. The minimum Gasteiger partial charge on any atom is -0.497 e. The number of pyridine rings is 1. The molecule has 0 aliphatic carbocycles. The highest BCUT2D eigenvalue weighted by Crippen LogP contribution is 2.25. The second kappa shape index (κ2) is 5.87. The molecule has 1 fully saturated rings. The molecule has 1 atom stereocenters. The van der Waals surface area contributed by atoms with Crippen LogP contribution in [-0.2, 0) is 4.79 Å². The molecule has 1 N–H and O–H groups in total. The molecule has 3 rings (SSSR count). The van der Waals surface area contributed by atoms with E-state index in [1.54, 1.807) is 20.1 Å². The second-order valence-corrected chi connectivity index (χ2v) is 5.67. The Kier molecular flexibility index (Phi) is 3.90. The molecule has 1 aromatic carbocycles. The van der Waals surface area contributed by atoms with Crippen LogP contribution in [0.1, 0.15) is 28.9 Å². The Balaban J connectivity index is 2.00. The van der Waals surface area contributed by atoms with Crippen molar-refractivity contribution in [3.05, 3.63) is 35.5 Å². The maximum Gasteiger partial charge on any atom is 0.326 e. The van der Waals surface area contributed by atoms with Gasteiger partial charge in [0.15, 0.2) is 0 Å². The van der Waals surface area contributed by atoms with Gasteiger partial charge < -0.3 is 14.7 Å². The molecule has 1 aliphatic rings. The topological polar surface area (TPSA) is 79.7 Å². The van der Waals surface area contributed by atoms with Crippen LogP contribution in [0.15, 0.2) is 24.3 Å². The first-order valence-electron chi connectivity index (χ1n) is 7.50. The molecule has 1 amide bonds. The van der Waals surface area contributed by atoms with Crippen molar-refractivity contribution in [2.24, 2.45) is 0 Å². The summed E-state index contributed by atoms with van der Waals surface area (Å²) in [6.45, 7) is 2.23. The smallest absolute Gasteiger partial charge is 0.326 e. The first-order chi connectivity index (χ1) is 11.0. The highest BCUT2D eigenvalue weighted by molar-refractivity contribution is 6.00. The molecular formula is C17H18N2O4. The summed E-state index contributed by atoms with van der Waals surface area (Å²) in [7, 11) is 1.59. The molecule has 1 aromatic heterocycles. The van der Waals surface area contributed by atoms with Crippen LogP contribution < -0.4 is 4.74 Å². The second-order valence-electron chi connectivity index (χ2n) is 5.67. The van der Waals surface area contributed by atoms with Gasteiger partial charge in [0.2, 0.25) is 0 Å². The van der Waals surface area contributed by atoms with Crippen molar-refractivity contribution >= 4 is 22.8 Å². The van der Waals surface area contributed by atoms with E-state index >= 15 is 0 Å². The predicted molar refractivity (Wildman–Crippen MR) is 84.7 cm³/mol. The van der Waals surface area contributed by atoms with Crippen molar-refractivity contribution in [2.75, 3.05) is 13.7 Å². The van der Waals surface area contributed by atoms with Crippen molar-refractivity contribution in [3.8, 4) is 5.75 Å². The van der Waals surface area contributed by atoms with E-state index in [9.17, 15) is 14.7 Å². The minimum atomic E-state index is -0.952. The fraction of sp³-hybridized carbons (Fsp3) is 0.353. The Bertz CT molecular complexity index is 788. The lowest BCUT2D eigenvalue weighted by molar-refractivity contribution is -0.141. The van der Waals surface area contributed by atoms with Crippen LogP contribution >= 0.6 is 0 Å². The van der Waals surface area contributed by atoms with Crippen LogP contribution in [0.5, 0.6) is 5.75 Å². The van der Waals surface area contributed by atoms with Gasteiger partial charge in [-0.15, -0.1) is 0 Å². The highest BCUT2D eigenvalue weighted by atomic mass is 16.5. The summed E-state index contributed by atoms with van der Waals surface area (Å²) in [5.41, 5.74) is 1.79. The zero-order chi connectivity index (χ0) is 16.6. The first kappa shape index (κ1) is 15.3. The monoisotopic (exact) mass is 314 g/mol. The number of hydrogen-bond donors (Lipinski definition) is 1. The Morgan fingerprint density at radius 2 is 2.13 bits per heavy atom. The van der Waals surface area contributed by atoms with E-state index in [0.717, 1.165) is 10.9 Å². The summed E-state index contributed by atoms with van der Waals surface area (Å²) in [6, 6.07) is 6.50. The molecule has 1 aliphatic heterocycles. The summed E-state index contributed by atoms with van der Waals surface area (Å²) in [5, 5.41) is 10.1. The van der Waals surface area contributed by atoms with E-state index in [2.05, 4.69) is 4.98 Å². The average molecular weight is 314 g/mol. The SMILES string of the molecule is COc1ccc2cc(C(=O)N3CCC[C@H]3C(=O)O)c(C)nc2c1. The van der Waals surface area contributed by atoms with Crippen LogP contribution in [0.2, 0.25) is 0 Å². The largest absolute Gasteiger partial charge is 0.497 e. The lowest BCUT2D eigenvalue weighted by atomic mass is 10.1. The number of aryl methyl sites for hydroxylation is 1. The van der Waals surface area contributed by atoms with Gasteiger partial charge in [-0.3, -0.25) is 9.78 Å². The molecule has 2 aromatic rings. The Morgan fingerprint density at radius 1 is 1.35 bits per heavy atom. The third-order valence-electron chi connectivity index (χ3n) is 4.24. The van der Waals surface area contributed by atoms with Gasteiger partial charge in [-0.2, -0.15) is 0 Å². The van der Waals surface area contributed by atoms with E-state index in [0.29, 0.717) is 36.4 Å². The zero-order valence-electron chi connectivity index (χ0n) is 13.1. The summed E-state index contributed by atoms with van der Waals surface area (Å²) >= 11 is 0. The number of amides is 1. The van der Waals surface area contributed by atoms with Gasteiger partial charge in [0.05, 0.1) is 23.9 Å². The third kappa shape index (κ3) is 2.72. The van der Waals surface area contributed by atoms with Crippen molar-refractivity contribution in [2.45, 2.75) is 25.8 Å². The molecule has 23 heavy (non-hydrogen) atoms. The number of aromatic nitrogens is 1. The van der Waals surface area contributed by atoms with Crippen LogP contribution in [0.4, 0.5) is 0 Å². The number of aliphatic carboxylic acids is 1.